The van der Waals surface area contributed by atoms with Crippen molar-refractivity contribution in [2.45, 2.75) is 96.1 Å². The van der Waals surface area contributed by atoms with E-state index in [0.29, 0.717) is 65.1 Å². The van der Waals surface area contributed by atoms with Gasteiger partial charge in [-0.3, -0.25) is 43.3 Å². The van der Waals surface area contributed by atoms with Crippen LogP contribution in [-0.4, -0.2) is 129 Å². The molecule has 6 N–H and O–H groups in total. The van der Waals surface area contributed by atoms with Gasteiger partial charge in [-0.1, -0.05) is 55.9 Å². The van der Waals surface area contributed by atoms with Crippen LogP contribution >= 0.6 is 12.2 Å². The average Bonchev–Trinajstić information content (AvgIpc) is 3.95. The van der Waals surface area contributed by atoms with Crippen molar-refractivity contribution in [1.82, 2.24) is 45.9 Å². The Hall–Kier alpha value is -7.76. The lowest BCUT2D eigenvalue weighted by molar-refractivity contribution is -0.172. The third kappa shape index (κ3) is 11.5. The van der Waals surface area contributed by atoms with E-state index in [1.54, 1.807) is 57.3 Å². The number of pyridine rings is 2. The number of unbranched alkanes of at least 4 members (excludes halogenated alkanes) is 2. The number of hydrogen-bond acceptors (Lipinski definition) is 14. The van der Waals surface area contributed by atoms with Crippen LogP contribution in [0, 0.1) is 12.7 Å². The summed E-state index contributed by atoms with van der Waals surface area (Å²) in [5.41, 5.74) is 2.64. The van der Waals surface area contributed by atoms with Gasteiger partial charge in [0.25, 0.3) is 17.4 Å². The smallest absolute Gasteiger partial charge is 0.343 e. The fourth-order valence-corrected chi connectivity index (χ4v) is 10.2. The van der Waals surface area contributed by atoms with Crippen LogP contribution in [0.2, 0.25) is 0 Å². The van der Waals surface area contributed by atoms with Crippen molar-refractivity contribution in [1.29, 1.82) is 0 Å². The van der Waals surface area contributed by atoms with Gasteiger partial charge in [0.15, 0.2) is 5.60 Å². The summed E-state index contributed by atoms with van der Waals surface area (Å²) in [6, 6.07) is 10.3. The Bertz CT molecular complexity index is 3130. The molecule has 0 radical (unpaired) electrons. The van der Waals surface area contributed by atoms with Gasteiger partial charge in [0.1, 0.15) is 30.2 Å². The lowest BCUT2D eigenvalue weighted by atomic mass is 9.81. The van der Waals surface area contributed by atoms with E-state index >= 15 is 4.39 Å². The number of aryl methyl sites for hydroxylation is 1. The summed E-state index contributed by atoms with van der Waals surface area (Å²) in [5, 5.41) is 24.8. The Morgan fingerprint density at radius 3 is 2.36 bits per heavy atom. The molecule has 0 unspecified atom stereocenters. The lowest BCUT2D eigenvalue weighted by Gasteiger charge is -2.36. The van der Waals surface area contributed by atoms with E-state index in [9.17, 15) is 48.3 Å². The number of thiocarbonyl (C=S) groups is 1. The number of aliphatic hydroxyl groups is 1. The average molecular weight is 1060 g/mol. The highest BCUT2D eigenvalue weighted by Gasteiger charge is 2.46. The normalized spacial score (nSPS) is 17.3. The minimum Gasteiger partial charge on any atom is -0.458 e. The number of hydrogen-bond donors (Lipinski definition) is 6. The summed E-state index contributed by atoms with van der Waals surface area (Å²) in [7, 11) is 1.80. The number of benzene rings is 2. The van der Waals surface area contributed by atoms with Crippen LogP contribution in [-0.2, 0) is 79.4 Å². The molecule has 3 aliphatic heterocycles. The quantitative estimate of drug-likeness (QED) is 0.0188. The summed E-state index contributed by atoms with van der Waals surface area (Å²) in [6.07, 6.45) is 5.17. The number of cyclic esters (lactones) is 1. The predicted molar refractivity (Wildman–Crippen MR) is 275 cm³/mol. The monoisotopic (exact) mass is 1060 g/mol. The molecule has 2 aromatic heterocycles. The summed E-state index contributed by atoms with van der Waals surface area (Å²) in [6.45, 7) is 1.68. The zero-order chi connectivity index (χ0) is 54.4. The van der Waals surface area contributed by atoms with Crippen LogP contribution in [0.15, 0.2) is 59.4 Å². The maximum absolute atomic E-state index is 15.5. The fraction of sp³-hybridized carbons (Fsp3) is 0.415. The zero-order valence-electron chi connectivity index (χ0n) is 42.2. The summed E-state index contributed by atoms with van der Waals surface area (Å²) < 4.78 is 28.0. The van der Waals surface area contributed by atoms with E-state index < -0.39 is 78.2 Å². The molecule has 4 aliphatic rings. The van der Waals surface area contributed by atoms with Gasteiger partial charge < -0.3 is 50.6 Å². The number of esters is 1. The standard InChI is InChI=1S/C53H58FN9O12S/c1-4-53(73)34-20-39-49-32(25-63(39)51(71)33(34)26-75-52(53)72)48-38(15-14-31-29(2)35(54)21-36(60-49)47(31)48)61(3)46(76)27-74-28-58-42(66)23-57-50(70)37(19-30-11-7-5-8-12-30)59-43(67)24-56-41(65)22-55-40(64)13-9-6-10-18-62-44(68)16-17-45(62)69/h5,7-8,11-12,16-17,20-21,37-38,73H,4,6,9-10,13-15,18-19,22-28H2,1-3H3,(H,55,64)(H,56,65)(H,57,70)(H,58,66)(H,59,67)/t37-,38-,53-/m0/s1. The van der Waals surface area contributed by atoms with Gasteiger partial charge >= 0.3 is 5.97 Å². The molecule has 0 bridgehead atoms. The highest BCUT2D eigenvalue weighted by atomic mass is 32.1. The van der Waals surface area contributed by atoms with Crippen molar-refractivity contribution in [2.24, 2.45) is 0 Å². The number of nitrogens with zero attached hydrogens (tertiary/aromatic N) is 4. The molecule has 0 fully saturated rings. The molecule has 5 heterocycles. The number of imide groups is 1. The second-order valence-corrected chi connectivity index (χ2v) is 19.5. The van der Waals surface area contributed by atoms with Crippen molar-refractivity contribution in [3.05, 3.63) is 110 Å². The van der Waals surface area contributed by atoms with E-state index in [0.717, 1.165) is 27.0 Å². The number of likely N-dealkylation sites (N-methyl/N-ethyl adjacent to an activating group) is 1. The molecule has 0 saturated heterocycles. The van der Waals surface area contributed by atoms with Gasteiger partial charge in [-0.25, -0.2) is 14.2 Å². The number of carbonyl (C=O) groups is 8. The number of fused-ring (bicyclic) bond motifs is 5. The highest BCUT2D eigenvalue weighted by Crippen LogP contribution is 2.47. The lowest BCUT2D eigenvalue weighted by Crippen LogP contribution is -2.52. The van der Waals surface area contributed by atoms with Gasteiger partial charge in [0.05, 0.1) is 61.3 Å². The molecule has 0 spiro atoms. The fourth-order valence-electron chi connectivity index (χ4n) is 10.0. The summed E-state index contributed by atoms with van der Waals surface area (Å²) in [4.78, 5) is 122. The number of aromatic nitrogens is 2. The molecule has 8 rings (SSSR count). The first kappa shape index (κ1) is 54.5. The second kappa shape index (κ2) is 23.4. The maximum atomic E-state index is 15.5. The SMILES string of the molecule is CC[C@@]1(O)C(=O)OCc2c1cc1n(c2=O)Cc2c-1nc1cc(F)c(C)c3c1c2[C@@H](N(C)C(=S)COCNC(=O)CNC(=O)[C@H](Cc1ccccc1)NC(=O)CNC(=O)CNC(=O)CCCCCN1C(=O)C=CC1=O)CC3. The molecule has 0 saturated carbocycles. The van der Waals surface area contributed by atoms with Crippen LogP contribution in [0.4, 0.5) is 4.39 Å². The number of ether oxygens (including phenoxy) is 2. The predicted octanol–water partition coefficient (Wildman–Crippen LogP) is 1.43. The molecule has 76 heavy (non-hydrogen) atoms. The maximum Gasteiger partial charge on any atom is 0.343 e. The number of rotatable bonds is 22. The number of nitrogens with one attached hydrogen (secondary N) is 5. The van der Waals surface area contributed by atoms with Crippen LogP contribution in [0.3, 0.4) is 0 Å². The first-order valence-electron chi connectivity index (χ1n) is 25.0. The van der Waals surface area contributed by atoms with Crippen molar-refractivity contribution >= 4 is 75.4 Å². The molecular formula is C53H58FN9O12S. The van der Waals surface area contributed by atoms with Gasteiger partial charge in [0.2, 0.25) is 29.5 Å². The number of amides is 7. The van der Waals surface area contributed by atoms with E-state index in [2.05, 4.69) is 26.6 Å². The van der Waals surface area contributed by atoms with E-state index in [-0.39, 0.29) is 81.3 Å². The zero-order valence-corrected chi connectivity index (χ0v) is 43.0. The Balaban J connectivity index is 0.818. The summed E-state index contributed by atoms with van der Waals surface area (Å²) >= 11 is 5.86. The van der Waals surface area contributed by atoms with Crippen LogP contribution in [0.1, 0.15) is 90.4 Å². The molecule has 400 valence electrons. The molecular weight excluding hydrogens is 1010 g/mol. The van der Waals surface area contributed by atoms with Gasteiger partial charge in [-0.05, 0) is 67.3 Å². The Kier molecular flexibility index (Phi) is 16.8. The van der Waals surface area contributed by atoms with Crippen molar-refractivity contribution < 1.29 is 57.3 Å². The summed E-state index contributed by atoms with van der Waals surface area (Å²) in [5.74, 6) is -5.01. The molecule has 7 amide bonds. The first-order chi connectivity index (χ1) is 36.4. The Morgan fingerprint density at radius 2 is 1.62 bits per heavy atom. The topological polar surface area (TPSA) is 277 Å². The number of halogens is 1. The Morgan fingerprint density at radius 1 is 0.921 bits per heavy atom. The van der Waals surface area contributed by atoms with E-state index in [4.69, 9.17) is 26.7 Å². The van der Waals surface area contributed by atoms with Crippen molar-refractivity contribution in [3.63, 3.8) is 0 Å². The third-order valence-corrected chi connectivity index (χ3v) is 14.6. The van der Waals surface area contributed by atoms with Gasteiger partial charge in [-0.15, -0.1) is 0 Å². The van der Waals surface area contributed by atoms with Gasteiger partial charge in [-0.2, -0.15) is 0 Å². The van der Waals surface area contributed by atoms with E-state index in [1.807, 2.05) is 4.90 Å². The third-order valence-electron chi connectivity index (χ3n) is 14.2. The minimum atomic E-state index is -2.03. The van der Waals surface area contributed by atoms with Crippen LogP contribution in [0.5, 0.6) is 0 Å². The minimum absolute atomic E-state index is 0.0263. The van der Waals surface area contributed by atoms with Crippen LogP contribution in [0.25, 0.3) is 22.3 Å². The van der Waals surface area contributed by atoms with Gasteiger partial charge in [0, 0.05) is 61.2 Å². The Labute approximate surface area is 440 Å². The largest absolute Gasteiger partial charge is 0.458 e. The molecule has 1 aliphatic carbocycles. The number of carbonyl (C=O) groups excluding carboxylic acids is 8. The van der Waals surface area contributed by atoms with Crippen LogP contribution < -0.4 is 32.1 Å². The first-order valence-corrected chi connectivity index (χ1v) is 25.4. The second-order valence-electron chi connectivity index (χ2n) is 19.0. The molecule has 3 atom stereocenters. The van der Waals surface area contributed by atoms with Crippen molar-refractivity contribution in [3.8, 4) is 11.4 Å². The molecule has 2 aromatic carbocycles. The molecule has 4 aromatic rings. The molecule has 21 nitrogen and oxygen atoms in total. The van der Waals surface area contributed by atoms with Crippen molar-refractivity contribution in [2.75, 3.05) is 46.6 Å². The molecule has 23 heteroatoms. The van der Waals surface area contributed by atoms with E-state index in [1.165, 1.54) is 22.8 Å². The highest BCUT2D eigenvalue weighted by molar-refractivity contribution is 7.80.